The largest absolute Gasteiger partial charge is 0.398 e. The molecular weight excluding hydrogens is 262 g/mol. The topological polar surface area (TPSA) is 89.8 Å². The number of nitrogens with zero attached hydrogens (tertiary/aromatic N) is 2. The fourth-order valence-corrected chi connectivity index (χ4v) is 2.41. The molecule has 0 radical (unpaired) electrons. The van der Waals surface area contributed by atoms with Gasteiger partial charge in [-0.15, -0.1) is 0 Å². The Kier molecular flexibility index (Phi) is 3.77. The highest BCUT2D eigenvalue weighted by atomic mass is 15.2. The molecule has 0 bridgehead atoms. The zero-order valence-corrected chi connectivity index (χ0v) is 11.5. The SMILES string of the molecule is NNC(Cc1cnccc1N)c1ccc2ncccc2c1. The highest BCUT2D eigenvalue weighted by Gasteiger charge is 2.13. The van der Waals surface area contributed by atoms with E-state index < -0.39 is 0 Å². The second-order valence-corrected chi connectivity index (χ2v) is 4.95. The van der Waals surface area contributed by atoms with Gasteiger partial charge in [-0.05, 0) is 41.8 Å². The molecule has 2 aromatic heterocycles. The maximum atomic E-state index is 5.97. The first-order valence-electron chi connectivity index (χ1n) is 6.77. The van der Waals surface area contributed by atoms with Crippen LogP contribution >= 0.6 is 0 Å². The van der Waals surface area contributed by atoms with E-state index >= 15 is 0 Å². The summed E-state index contributed by atoms with van der Waals surface area (Å²) in [5, 5.41) is 1.09. The van der Waals surface area contributed by atoms with Crippen LogP contribution in [0.3, 0.4) is 0 Å². The number of rotatable bonds is 4. The summed E-state index contributed by atoms with van der Waals surface area (Å²) in [5.41, 5.74) is 12.6. The Hall–Kier alpha value is -2.50. The predicted molar refractivity (Wildman–Crippen MR) is 84.2 cm³/mol. The molecule has 0 saturated carbocycles. The van der Waals surface area contributed by atoms with Crippen LogP contribution in [0.2, 0.25) is 0 Å². The Morgan fingerprint density at radius 1 is 1.14 bits per heavy atom. The van der Waals surface area contributed by atoms with Crippen molar-refractivity contribution >= 4 is 16.6 Å². The van der Waals surface area contributed by atoms with E-state index in [1.165, 1.54) is 0 Å². The molecule has 5 heteroatoms. The van der Waals surface area contributed by atoms with Crippen molar-refractivity contribution in [2.75, 3.05) is 5.73 Å². The normalized spacial score (nSPS) is 12.4. The fraction of sp³-hybridized carbons (Fsp3) is 0.125. The zero-order chi connectivity index (χ0) is 14.7. The molecule has 5 N–H and O–H groups in total. The number of pyridine rings is 2. The van der Waals surface area contributed by atoms with E-state index in [9.17, 15) is 0 Å². The second-order valence-electron chi connectivity index (χ2n) is 4.95. The van der Waals surface area contributed by atoms with Crippen molar-refractivity contribution in [2.24, 2.45) is 5.84 Å². The number of hydrogen-bond acceptors (Lipinski definition) is 5. The number of benzene rings is 1. The van der Waals surface area contributed by atoms with Crippen molar-refractivity contribution in [3.8, 4) is 0 Å². The molecule has 5 nitrogen and oxygen atoms in total. The van der Waals surface area contributed by atoms with Crippen LogP contribution in [0.1, 0.15) is 17.2 Å². The van der Waals surface area contributed by atoms with Crippen LogP contribution in [0.5, 0.6) is 0 Å². The van der Waals surface area contributed by atoms with Gasteiger partial charge in [-0.25, -0.2) is 0 Å². The van der Waals surface area contributed by atoms with Crippen molar-refractivity contribution in [3.05, 3.63) is 66.1 Å². The minimum atomic E-state index is -0.0268. The summed E-state index contributed by atoms with van der Waals surface area (Å²) in [6.07, 6.45) is 5.94. The molecule has 0 amide bonds. The highest BCUT2D eigenvalue weighted by Crippen LogP contribution is 2.23. The van der Waals surface area contributed by atoms with Crippen molar-refractivity contribution < 1.29 is 0 Å². The third kappa shape index (κ3) is 2.84. The number of anilines is 1. The number of hydrazine groups is 1. The lowest BCUT2D eigenvalue weighted by molar-refractivity contribution is 0.552. The van der Waals surface area contributed by atoms with Crippen LogP contribution < -0.4 is 17.0 Å². The second kappa shape index (κ2) is 5.87. The summed E-state index contributed by atoms with van der Waals surface area (Å²) in [6, 6.07) is 11.9. The summed E-state index contributed by atoms with van der Waals surface area (Å²) in [6.45, 7) is 0. The number of fused-ring (bicyclic) bond motifs is 1. The summed E-state index contributed by atoms with van der Waals surface area (Å²) >= 11 is 0. The molecule has 0 fully saturated rings. The van der Waals surface area contributed by atoms with E-state index in [0.717, 1.165) is 27.7 Å². The molecule has 1 aromatic carbocycles. The van der Waals surface area contributed by atoms with Gasteiger partial charge in [0.1, 0.15) is 0 Å². The average molecular weight is 279 g/mol. The molecule has 21 heavy (non-hydrogen) atoms. The van der Waals surface area contributed by atoms with E-state index in [-0.39, 0.29) is 6.04 Å². The van der Waals surface area contributed by atoms with Gasteiger partial charge in [0.15, 0.2) is 0 Å². The Morgan fingerprint density at radius 3 is 2.86 bits per heavy atom. The smallest absolute Gasteiger partial charge is 0.0702 e. The lowest BCUT2D eigenvalue weighted by atomic mass is 9.98. The number of hydrogen-bond donors (Lipinski definition) is 3. The summed E-state index contributed by atoms with van der Waals surface area (Å²) < 4.78 is 0. The van der Waals surface area contributed by atoms with Crippen molar-refractivity contribution in [2.45, 2.75) is 12.5 Å². The van der Waals surface area contributed by atoms with Gasteiger partial charge in [0.2, 0.25) is 0 Å². The van der Waals surface area contributed by atoms with E-state index in [4.69, 9.17) is 11.6 Å². The van der Waals surface area contributed by atoms with Gasteiger partial charge in [-0.2, -0.15) is 0 Å². The molecule has 0 saturated heterocycles. The molecule has 2 heterocycles. The monoisotopic (exact) mass is 279 g/mol. The minimum absolute atomic E-state index is 0.0268. The third-order valence-corrected chi connectivity index (χ3v) is 3.60. The van der Waals surface area contributed by atoms with Gasteiger partial charge in [-0.1, -0.05) is 12.1 Å². The van der Waals surface area contributed by atoms with Gasteiger partial charge < -0.3 is 5.73 Å². The summed E-state index contributed by atoms with van der Waals surface area (Å²) in [5.74, 6) is 5.72. The number of nitrogens with one attached hydrogen (secondary N) is 1. The molecule has 3 aromatic rings. The molecule has 0 aliphatic carbocycles. The van der Waals surface area contributed by atoms with E-state index in [1.807, 2.05) is 24.3 Å². The number of nitrogen functional groups attached to an aromatic ring is 1. The molecular formula is C16H17N5. The van der Waals surface area contributed by atoms with Crippen LogP contribution in [0.25, 0.3) is 10.9 Å². The van der Waals surface area contributed by atoms with Gasteiger partial charge in [-0.3, -0.25) is 21.2 Å². The standard InChI is InChI=1S/C16H17N5/c17-14-5-7-19-10-13(14)9-16(21-18)12-3-4-15-11(8-12)2-1-6-20-15/h1-8,10,16,21H,9,18H2,(H2,17,19). The summed E-state index contributed by atoms with van der Waals surface area (Å²) in [4.78, 5) is 8.44. The van der Waals surface area contributed by atoms with Crippen molar-refractivity contribution in [1.29, 1.82) is 0 Å². The molecule has 1 unspecified atom stereocenters. The molecule has 106 valence electrons. The minimum Gasteiger partial charge on any atom is -0.398 e. The van der Waals surface area contributed by atoms with Crippen LogP contribution in [0, 0.1) is 0 Å². The Labute approximate surface area is 123 Å². The van der Waals surface area contributed by atoms with Gasteiger partial charge in [0, 0.05) is 29.7 Å². The molecule has 0 aliphatic rings. The van der Waals surface area contributed by atoms with Crippen molar-refractivity contribution in [1.82, 2.24) is 15.4 Å². The lowest BCUT2D eigenvalue weighted by Gasteiger charge is -2.17. The number of aromatic nitrogens is 2. The van der Waals surface area contributed by atoms with Crippen LogP contribution in [-0.2, 0) is 6.42 Å². The Bertz CT molecular complexity index is 756. The maximum Gasteiger partial charge on any atom is 0.0702 e. The molecule has 1 atom stereocenters. The third-order valence-electron chi connectivity index (χ3n) is 3.60. The van der Waals surface area contributed by atoms with Crippen LogP contribution in [0.4, 0.5) is 5.69 Å². The molecule has 3 rings (SSSR count). The first-order valence-corrected chi connectivity index (χ1v) is 6.77. The quantitative estimate of drug-likeness (QED) is 0.502. The van der Waals surface area contributed by atoms with Gasteiger partial charge in [0.25, 0.3) is 0 Å². The van der Waals surface area contributed by atoms with Crippen LogP contribution in [0.15, 0.2) is 55.0 Å². The highest BCUT2D eigenvalue weighted by molar-refractivity contribution is 5.79. The molecule has 0 spiro atoms. The predicted octanol–water partition coefficient (Wildman–Crippen LogP) is 1.96. The van der Waals surface area contributed by atoms with Gasteiger partial charge in [0.05, 0.1) is 11.6 Å². The first-order chi connectivity index (χ1) is 10.3. The summed E-state index contributed by atoms with van der Waals surface area (Å²) in [7, 11) is 0. The first kappa shape index (κ1) is 13.5. The van der Waals surface area contributed by atoms with Gasteiger partial charge >= 0.3 is 0 Å². The maximum absolute atomic E-state index is 5.97. The van der Waals surface area contributed by atoms with E-state index in [2.05, 4.69) is 21.5 Å². The van der Waals surface area contributed by atoms with Crippen LogP contribution in [-0.4, -0.2) is 9.97 Å². The Balaban J connectivity index is 1.93. The lowest BCUT2D eigenvalue weighted by Crippen LogP contribution is -2.29. The van der Waals surface area contributed by atoms with Crippen molar-refractivity contribution in [3.63, 3.8) is 0 Å². The zero-order valence-electron chi connectivity index (χ0n) is 11.5. The number of nitrogens with two attached hydrogens (primary N) is 2. The van der Waals surface area contributed by atoms with E-state index in [1.54, 1.807) is 24.7 Å². The molecule has 0 aliphatic heterocycles. The van der Waals surface area contributed by atoms with E-state index in [0.29, 0.717) is 6.42 Å². The average Bonchev–Trinajstić information content (AvgIpc) is 2.54. The Morgan fingerprint density at radius 2 is 2.05 bits per heavy atom. The fourth-order valence-electron chi connectivity index (χ4n) is 2.41.